The van der Waals surface area contributed by atoms with Gasteiger partial charge in [0, 0.05) is 38.9 Å². The van der Waals surface area contributed by atoms with Crippen LogP contribution in [0, 0.1) is 5.92 Å². The zero-order valence-corrected chi connectivity index (χ0v) is 16.3. The molecule has 0 aromatic heterocycles. The quantitative estimate of drug-likeness (QED) is 0.286. The van der Waals surface area contributed by atoms with Crippen LogP contribution < -0.4 is 5.32 Å². The number of likely N-dealkylation sites (N-methyl/N-ethyl adjacent to an activating group) is 1. The van der Waals surface area contributed by atoms with E-state index < -0.39 is 0 Å². The van der Waals surface area contributed by atoms with Gasteiger partial charge in [0.25, 0.3) is 0 Å². The van der Waals surface area contributed by atoms with Crippen molar-refractivity contribution in [3.63, 3.8) is 0 Å². The molecule has 2 N–H and O–H groups in total. The Bertz CT molecular complexity index is 431. The molecule has 0 spiro atoms. The molecule has 1 fully saturated rings. The standard InChI is InChI=1S/C15H27N3O6.C2H6/c1-12-11-14(20)18(15(12)21)6-8-24-10-9-23-7-3-13(19)16-4-5-17(2)22;1-2/h12,22H,3-11H2,1-2H3,(H,16,19);1-2H3. The fourth-order valence-electron chi connectivity index (χ4n) is 2.17. The third kappa shape index (κ3) is 10.4. The molecule has 1 heterocycles. The molecule has 0 bridgehead atoms. The lowest BCUT2D eigenvalue weighted by Crippen LogP contribution is -2.33. The van der Waals surface area contributed by atoms with Crippen LogP contribution in [0.3, 0.4) is 0 Å². The molecule has 0 aromatic carbocycles. The van der Waals surface area contributed by atoms with E-state index in [2.05, 4.69) is 5.32 Å². The van der Waals surface area contributed by atoms with Gasteiger partial charge in [-0.1, -0.05) is 20.8 Å². The number of amides is 3. The third-order valence-corrected chi connectivity index (χ3v) is 3.53. The first kappa shape index (κ1) is 24.5. The molecule has 1 saturated heterocycles. The second-order valence-corrected chi connectivity index (χ2v) is 5.69. The Balaban J connectivity index is 0.00000301. The van der Waals surface area contributed by atoms with E-state index >= 15 is 0 Å². The summed E-state index contributed by atoms with van der Waals surface area (Å²) in [6.45, 7) is 7.99. The highest BCUT2D eigenvalue weighted by Gasteiger charge is 2.34. The summed E-state index contributed by atoms with van der Waals surface area (Å²) in [7, 11) is 1.51. The van der Waals surface area contributed by atoms with E-state index in [9.17, 15) is 14.4 Å². The smallest absolute Gasteiger partial charge is 0.232 e. The van der Waals surface area contributed by atoms with Gasteiger partial charge in [-0.3, -0.25) is 19.3 Å². The molecule has 26 heavy (non-hydrogen) atoms. The SMILES string of the molecule is CC.CC1CC(=O)N(CCOCCOCCC(=O)NCCN(C)O)C1=O. The number of hydrogen-bond donors (Lipinski definition) is 2. The number of nitrogens with zero attached hydrogens (tertiary/aromatic N) is 2. The fraction of sp³-hybridized carbons (Fsp3) is 0.824. The predicted octanol–water partition coefficient (Wildman–Crippen LogP) is 0.268. The number of carbonyl (C=O) groups excluding carboxylic acids is 3. The van der Waals surface area contributed by atoms with Crippen molar-refractivity contribution in [2.75, 3.05) is 53.1 Å². The number of likely N-dealkylation sites (tertiary alicyclic amines) is 1. The molecule has 9 heteroatoms. The van der Waals surface area contributed by atoms with Crippen LogP contribution in [0.4, 0.5) is 0 Å². The first-order chi connectivity index (χ1) is 12.4. The van der Waals surface area contributed by atoms with Crippen LogP contribution in [0.5, 0.6) is 0 Å². The van der Waals surface area contributed by atoms with Gasteiger partial charge in [-0.25, -0.2) is 0 Å². The highest BCUT2D eigenvalue weighted by Crippen LogP contribution is 2.17. The van der Waals surface area contributed by atoms with E-state index in [1.165, 1.54) is 11.9 Å². The second-order valence-electron chi connectivity index (χ2n) is 5.69. The first-order valence-electron chi connectivity index (χ1n) is 9.08. The lowest BCUT2D eigenvalue weighted by molar-refractivity contribution is -0.140. The van der Waals surface area contributed by atoms with Crippen LogP contribution in [-0.2, 0) is 23.9 Å². The van der Waals surface area contributed by atoms with Gasteiger partial charge in [0.2, 0.25) is 17.7 Å². The first-order valence-corrected chi connectivity index (χ1v) is 9.08. The molecule has 0 aliphatic carbocycles. The molecule has 1 atom stereocenters. The lowest BCUT2D eigenvalue weighted by Gasteiger charge is -2.14. The van der Waals surface area contributed by atoms with Crippen LogP contribution >= 0.6 is 0 Å². The summed E-state index contributed by atoms with van der Waals surface area (Å²) < 4.78 is 10.6. The number of rotatable bonds is 12. The van der Waals surface area contributed by atoms with Crippen molar-refractivity contribution in [1.82, 2.24) is 15.3 Å². The lowest BCUT2D eigenvalue weighted by atomic mass is 10.1. The van der Waals surface area contributed by atoms with Gasteiger partial charge in [-0.2, -0.15) is 5.06 Å². The minimum absolute atomic E-state index is 0.141. The van der Waals surface area contributed by atoms with Crippen molar-refractivity contribution in [2.24, 2.45) is 5.92 Å². The summed E-state index contributed by atoms with van der Waals surface area (Å²) in [6, 6.07) is 0. The van der Waals surface area contributed by atoms with E-state index in [1.807, 2.05) is 13.8 Å². The summed E-state index contributed by atoms with van der Waals surface area (Å²) >= 11 is 0. The summed E-state index contributed by atoms with van der Waals surface area (Å²) in [5, 5.41) is 12.5. The van der Waals surface area contributed by atoms with Crippen LogP contribution in [0.1, 0.15) is 33.6 Å². The van der Waals surface area contributed by atoms with E-state index in [0.717, 1.165) is 5.06 Å². The Morgan fingerprint density at radius 3 is 2.38 bits per heavy atom. The maximum atomic E-state index is 11.7. The molecule has 1 aliphatic heterocycles. The average Bonchev–Trinajstić information content (AvgIpc) is 2.84. The van der Waals surface area contributed by atoms with Gasteiger partial charge in [-0.15, -0.1) is 0 Å². The van der Waals surface area contributed by atoms with Gasteiger partial charge in [0.15, 0.2) is 0 Å². The van der Waals surface area contributed by atoms with Crippen molar-refractivity contribution in [1.29, 1.82) is 0 Å². The maximum Gasteiger partial charge on any atom is 0.232 e. The topological polar surface area (TPSA) is 108 Å². The van der Waals surface area contributed by atoms with Gasteiger partial charge in [0.05, 0.1) is 33.0 Å². The Hall–Kier alpha value is -1.55. The highest BCUT2D eigenvalue weighted by molar-refractivity contribution is 6.03. The molecule has 0 radical (unpaired) electrons. The van der Waals surface area contributed by atoms with Crippen LogP contribution in [0.15, 0.2) is 0 Å². The number of nitrogens with one attached hydrogen (secondary N) is 1. The van der Waals surface area contributed by atoms with E-state index in [0.29, 0.717) is 26.3 Å². The second kappa shape index (κ2) is 14.6. The minimum Gasteiger partial charge on any atom is -0.379 e. The van der Waals surface area contributed by atoms with Crippen molar-refractivity contribution in [2.45, 2.75) is 33.6 Å². The monoisotopic (exact) mass is 375 g/mol. The minimum atomic E-state index is -0.232. The van der Waals surface area contributed by atoms with Crippen LogP contribution in [0.25, 0.3) is 0 Å². The van der Waals surface area contributed by atoms with Gasteiger partial charge in [0.1, 0.15) is 0 Å². The molecular weight excluding hydrogens is 342 g/mol. The molecule has 152 valence electrons. The van der Waals surface area contributed by atoms with Crippen molar-refractivity contribution >= 4 is 17.7 Å². The summed E-state index contributed by atoms with van der Waals surface area (Å²) in [6.07, 6.45) is 0.516. The highest BCUT2D eigenvalue weighted by atomic mass is 16.5. The number of imide groups is 1. The number of carbonyl (C=O) groups is 3. The van der Waals surface area contributed by atoms with Gasteiger partial charge >= 0.3 is 0 Å². The van der Waals surface area contributed by atoms with Crippen molar-refractivity contribution in [3.05, 3.63) is 0 Å². The van der Waals surface area contributed by atoms with Crippen molar-refractivity contribution < 1.29 is 29.1 Å². The number of ether oxygens (including phenoxy) is 2. The van der Waals surface area contributed by atoms with Crippen LogP contribution in [-0.4, -0.2) is 86.0 Å². The number of hydroxylamine groups is 2. The molecule has 3 amide bonds. The molecular formula is C17H33N3O6. The van der Waals surface area contributed by atoms with E-state index in [1.54, 1.807) is 6.92 Å². The zero-order valence-electron chi connectivity index (χ0n) is 16.3. The Labute approximate surface area is 155 Å². The third-order valence-electron chi connectivity index (χ3n) is 3.53. The van der Waals surface area contributed by atoms with Gasteiger partial charge in [-0.05, 0) is 0 Å². The Morgan fingerprint density at radius 1 is 1.23 bits per heavy atom. The van der Waals surface area contributed by atoms with E-state index in [4.69, 9.17) is 14.7 Å². The summed E-state index contributed by atoms with van der Waals surface area (Å²) in [5.41, 5.74) is 0. The molecule has 1 aliphatic rings. The number of hydrogen-bond acceptors (Lipinski definition) is 7. The Morgan fingerprint density at radius 2 is 1.85 bits per heavy atom. The van der Waals surface area contributed by atoms with Crippen molar-refractivity contribution in [3.8, 4) is 0 Å². The fourth-order valence-corrected chi connectivity index (χ4v) is 2.17. The average molecular weight is 375 g/mol. The summed E-state index contributed by atoms with van der Waals surface area (Å²) in [5.74, 6) is -0.660. The zero-order chi connectivity index (χ0) is 19.9. The summed E-state index contributed by atoms with van der Waals surface area (Å²) in [4.78, 5) is 35.9. The largest absolute Gasteiger partial charge is 0.379 e. The molecule has 0 saturated carbocycles. The molecule has 0 aromatic rings. The van der Waals surface area contributed by atoms with E-state index in [-0.39, 0.29) is 56.2 Å². The van der Waals surface area contributed by atoms with Crippen LogP contribution in [0.2, 0.25) is 0 Å². The maximum absolute atomic E-state index is 11.7. The van der Waals surface area contributed by atoms with Gasteiger partial charge < -0.3 is 20.0 Å². The Kier molecular flexibility index (Phi) is 13.7. The molecule has 1 rings (SSSR count). The molecule has 9 nitrogen and oxygen atoms in total. The predicted molar refractivity (Wildman–Crippen MR) is 95.5 cm³/mol. The normalized spacial score (nSPS) is 16.7. The molecule has 1 unspecified atom stereocenters.